The van der Waals surface area contributed by atoms with E-state index in [4.69, 9.17) is 0 Å². The first-order valence-electron chi connectivity index (χ1n) is 7.11. The summed E-state index contributed by atoms with van der Waals surface area (Å²) < 4.78 is 2.13. The molecule has 1 heterocycles. The van der Waals surface area contributed by atoms with Crippen molar-refractivity contribution in [2.24, 2.45) is 0 Å². The molecule has 1 atom stereocenters. The monoisotopic (exact) mass is 247 g/mol. The molecular weight excluding hydrogens is 222 g/mol. The maximum Gasteiger partial charge on any atom is 0.0559 e. The molecule has 18 heavy (non-hydrogen) atoms. The molecule has 1 aromatic rings. The molecule has 1 unspecified atom stereocenters. The molecule has 3 heteroatoms. The second-order valence-corrected chi connectivity index (χ2v) is 5.45. The molecule has 0 amide bonds. The van der Waals surface area contributed by atoms with E-state index in [1.54, 1.807) is 5.57 Å². The first-order valence-corrected chi connectivity index (χ1v) is 7.11. The molecule has 0 spiro atoms. The molecule has 0 aliphatic heterocycles. The van der Waals surface area contributed by atoms with Crippen LogP contribution in [0.5, 0.6) is 0 Å². The predicted octanol–water partition coefficient (Wildman–Crippen LogP) is 3.62. The minimum absolute atomic E-state index is 0.388. The Bertz CT molecular complexity index is 404. The van der Waals surface area contributed by atoms with E-state index >= 15 is 0 Å². The number of nitrogens with one attached hydrogen (secondary N) is 1. The fourth-order valence-electron chi connectivity index (χ4n) is 2.74. The SMILES string of the molecule is CNC(CC1=CCCCC1)c1ccnn1C(C)C. The van der Waals surface area contributed by atoms with Gasteiger partial charge in [-0.25, -0.2) is 0 Å². The molecule has 0 saturated heterocycles. The quantitative estimate of drug-likeness (QED) is 0.805. The van der Waals surface area contributed by atoms with Gasteiger partial charge >= 0.3 is 0 Å². The Balaban J connectivity index is 2.12. The number of hydrogen-bond acceptors (Lipinski definition) is 2. The van der Waals surface area contributed by atoms with E-state index in [2.05, 4.69) is 41.1 Å². The van der Waals surface area contributed by atoms with Gasteiger partial charge in [-0.1, -0.05) is 11.6 Å². The van der Waals surface area contributed by atoms with Crippen LogP contribution >= 0.6 is 0 Å². The molecule has 3 nitrogen and oxygen atoms in total. The maximum absolute atomic E-state index is 4.43. The van der Waals surface area contributed by atoms with Crippen LogP contribution in [0.15, 0.2) is 23.9 Å². The van der Waals surface area contributed by atoms with Crippen molar-refractivity contribution in [3.05, 3.63) is 29.6 Å². The highest BCUT2D eigenvalue weighted by atomic mass is 15.3. The van der Waals surface area contributed by atoms with Crippen molar-refractivity contribution in [2.75, 3.05) is 7.05 Å². The van der Waals surface area contributed by atoms with Gasteiger partial charge < -0.3 is 5.32 Å². The van der Waals surface area contributed by atoms with Crippen LogP contribution in [-0.2, 0) is 0 Å². The smallest absolute Gasteiger partial charge is 0.0559 e. The molecular formula is C15H25N3. The van der Waals surface area contributed by atoms with Gasteiger partial charge in [0.1, 0.15) is 0 Å². The van der Waals surface area contributed by atoms with E-state index in [1.165, 1.54) is 31.4 Å². The van der Waals surface area contributed by atoms with Crippen molar-refractivity contribution in [3.8, 4) is 0 Å². The summed E-state index contributed by atoms with van der Waals surface area (Å²) in [5, 5.41) is 7.88. The van der Waals surface area contributed by atoms with E-state index in [0.717, 1.165) is 6.42 Å². The lowest BCUT2D eigenvalue weighted by Crippen LogP contribution is -2.22. The van der Waals surface area contributed by atoms with Crippen molar-refractivity contribution < 1.29 is 0 Å². The van der Waals surface area contributed by atoms with Crippen molar-refractivity contribution in [1.82, 2.24) is 15.1 Å². The van der Waals surface area contributed by atoms with E-state index < -0.39 is 0 Å². The zero-order valence-electron chi connectivity index (χ0n) is 11.8. The van der Waals surface area contributed by atoms with Gasteiger partial charge in [-0.3, -0.25) is 4.68 Å². The average Bonchev–Trinajstić information content (AvgIpc) is 2.86. The second kappa shape index (κ2) is 6.19. The first-order chi connectivity index (χ1) is 8.72. The largest absolute Gasteiger partial charge is 0.311 e. The van der Waals surface area contributed by atoms with Crippen LogP contribution in [0.2, 0.25) is 0 Å². The molecule has 1 N–H and O–H groups in total. The number of rotatable bonds is 5. The topological polar surface area (TPSA) is 29.9 Å². The molecule has 0 fully saturated rings. The summed E-state index contributed by atoms with van der Waals surface area (Å²) in [6.07, 6.45) is 10.7. The number of allylic oxidation sites excluding steroid dienone is 1. The number of nitrogens with zero attached hydrogens (tertiary/aromatic N) is 2. The highest BCUT2D eigenvalue weighted by Crippen LogP contribution is 2.28. The van der Waals surface area contributed by atoms with Gasteiger partial charge in [0.05, 0.1) is 11.7 Å². The van der Waals surface area contributed by atoms with E-state index in [0.29, 0.717) is 12.1 Å². The van der Waals surface area contributed by atoms with Crippen LogP contribution in [0.25, 0.3) is 0 Å². The predicted molar refractivity (Wildman–Crippen MR) is 75.6 cm³/mol. The molecule has 1 aliphatic carbocycles. The molecule has 1 aromatic heterocycles. The highest BCUT2D eigenvalue weighted by Gasteiger charge is 2.18. The number of hydrogen-bond donors (Lipinski definition) is 1. The Hall–Kier alpha value is -1.09. The van der Waals surface area contributed by atoms with Crippen LogP contribution < -0.4 is 5.32 Å². The lowest BCUT2D eigenvalue weighted by molar-refractivity contribution is 0.454. The average molecular weight is 247 g/mol. The fourth-order valence-corrected chi connectivity index (χ4v) is 2.74. The zero-order chi connectivity index (χ0) is 13.0. The third-order valence-electron chi connectivity index (χ3n) is 3.75. The van der Waals surface area contributed by atoms with Crippen LogP contribution in [0.4, 0.5) is 0 Å². The van der Waals surface area contributed by atoms with Gasteiger partial charge in [0.15, 0.2) is 0 Å². The normalized spacial score (nSPS) is 17.9. The first kappa shape index (κ1) is 13.3. The summed E-state index contributed by atoms with van der Waals surface area (Å²) >= 11 is 0. The zero-order valence-corrected chi connectivity index (χ0v) is 11.8. The summed E-state index contributed by atoms with van der Waals surface area (Å²) in [4.78, 5) is 0. The Morgan fingerprint density at radius 2 is 2.22 bits per heavy atom. The van der Waals surface area contributed by atoms with E-state index in [-0.39, 0.29) is 0 Å². The van der Waals surface area contributed by atoms with Crippen LogP contribution in [0, 0.1) is 0 Å². The summed E-state index contributed by atoms with van der Waals surface area (Å²) in [6, 6.07) is 2.95. The van der Waals surface area contributed by atoms with Gasteiger partial charge in [0.25, 0.3) is 0 Å². The third-order valence-corrected chi connectivity index (χ3v) is 3.75. The minimum atomic E-state index is 0.388. The van der Waals surface area contributed by atoms with Crippen molar-refractivity contribution >= 4 is 0 Å². The van der Waals surface area contributed by atoms with E-state index in [1.807, 2.05) is 13.2 Å². The minimum Gasteiger partial charge on any atom is -0.311 e. The lowest BCUT2D eigenvalue weighted by atomic mass is 9.93. The molecule has 0 aromatic carbocycles. The van der Waals surface area contributed by atoms with Crippen LogP contribution in [-0.4, -0.2) is 16.8 Å². The molecule has 0 bridgehead atoms. The van der Waals surface area contributed by atoms with Crippen molar-refractivity contribution in [1.29, 1.82) is 0 Å². The molecule has 1 aliphatic rings. The van der Waals surface area contributed by atoms with E-state index in [9.17, 15) is 0 Å². The Labute approximate surface area is 110 Å². The standard InChI is InChI=1S/C15H25N3/c1-12(2)18-15(9-10-17-18)14(16-3)11-13-7-5-4-6-8-13/h7,9-10,12,14,16H,4-6,8,11H2,1-3H3. The molecule has 0 radical (unpaired) electrons. The second-order valence-electron chi connectivity index (χ2n) is 5.45. The van der Waals surface area contributed by atoms with Gasteiger partial charge in [-0.2, -0.15) is 5.10 Å². The molecule has 2 rings (SSSR count). The maximum atomic E-state index is 4.43. The Kier molecular flexibility index (Phi) is 4.59. The van der Waals surface area contributed by atoms with Crippen LogP contribution in [0.1, 0.15) is 63.7 Å². The van der Waals surface area contributed by atoms with Crippen molar-refractivity contribution in [3.63, 3.8) is 0 Å². The van der Waals surface area contributed by atoms with Crippen molar-refractivity contribution in [2.45, 2.75) is 58.0 Å². The molecule has 100 valence electrons. The summed E-state index contributed by atoms with van der Waals surface area (Å²) in [6.45, 7) is 4.37. The van der Waals surface area contributed by atoms with Gasteiger partial charge in [0, 0.05) is 12.2 Å². The van der Waals surface area contributed by atoms with Gasteiger partial charge in [-0.15, -0.1) is 0 Å². The number of aromatic nitrogens is 2. The fraction of sp³-hybridized carbons (Fsp3) is 0.667. The summed E-state index contributed by atoms with van der Waals surface area (Å²) in [5.41, 5.74) is 2.91. The summed E-state index contributed by atoms with van der Waals surface area (Å²) in [5.74, 6) is 0. The Morgan fingerprint density at radius 1 is 1.39 bits per heavy atom. The summed E-state index contributed by atoms with van der Waals surface area (Å²) in [7, 11) is 2.05. The molecule has 0 saturated carbocycles. The van der Waals surface area contributed by atoms with Crippen LogP contribution in [0.3, 0.4) is 0 Å². The Morgan fingerprint density at radius 3 is 2.83 bits per heavy atom. The lowest BCUT2D eigenvalue weighted by Gasteiger charge is -2.22. The third kappa shape index (κ3) is 3.02. The van der Waals surface area contributed by atoms with Gasteiger partial charge in [-0.05, 0) is 59.1 Å². The van der Waals surface area contributed by atoms with Gasteiger partial charge in [0.2, 0.25) is 0 Å². The highest BCUT2D eigenvalue weighted by molar-refractivity contribution is 5.15.